The van der Waals surface area contributed by atoms with Crippen LogP contribution >= 0.6 is 11.3 Å². The molecule has 3 aromatic heterocycles. The summed E-state index contributed by atoms with van der Waals surface area (Å²) in [5.74, 6) is 0. The molecule has 37 heavy (non-hydrogen) atoms. The van der Waals surface area contributed by atoms with Crippen LogP contribution in [0.4, 0.5) is 17.1 Å². The number of thiazole rings is 1. The Bertz CT molecular complexity index is 1670. The summed E-state index contributed by atoms with van der Waals surface area (Å²) in [6.07, 6.45) is 4.15. The van der Waals surface area contributed by atoms with Crippen molar-refractivity contribution in [3.8, 4) is 10.6 Å². The first-order valence-corrected chi connectivity index (χ1v) is 14.6. The van der Waals surface area contributed by atoms with Gasteiger partial charge in [-0.25, -0.2) is 13.4 Å². The van der Waals surface area contributed by atoms with Crippen molar-refractivity contribution in [3.05, 3.63) is 69.5 Å². The summed E-state index contributed by atoms with van der Waals surface area (Å²) in [7, 11) is -3.54. The van der Waals surface area contributed by atoms with Gasteiger partial charge in [0.05, 0.1) is 44.7 Å². The highest BCUT2D eigenvalue weighted by Crippen LogP contribution is 2.39. The van der Waals surface area contributed by atoms with Gasteiger partial charge in [-0.15, -0.1) is 11.3 Å². The molecule has 4 aromatic rings. The predicted octanol–water partition coefficient (Wildman–Crippen LogP) is 5.62. The first kappa shape index (κ1) is 25.2. The van der Waals surface area contributed by atoms with Crippen molar-refractivity contribution in [2.45, 2.75) is 52.4 Å². The second kappa shape index (κ2) is 9.42. The normalized spacial score (nSPS) is 13.0. The maximum atomic E-state index is 12.8. The highest BCUT2D eigenvalue weighted by Gasteiger charge is 2.22. The van der Waals surface area contributed by atoms with Gasteiger partial charge in [0.25, 0.3) is 0 Å². The minimum absolute atomic E-state index is 0.210. The van der Waals surface area contributed by atoms with Gasteiger partial charge in [0.2, 0.25) is 0 Å². The van der Waals surface area contributed by atoms with Crippen molar-refractivity contribution in [1.29, 1.82) is 0 Å². The molecule has 5 rings (SSSR count). The lowest BCUT2D eigenvalue weighted by Gasteiger charge is -2.15. The van der Waals surface area contributed by atoms with E-state index in [1.807, 2.05) is 46.8 Å². The molecular formula is C27H28N6O2S2. The number of benzene rings is 1. The van der Waals surface area contributed by atoms with Crippen LogP contribution in [-0.2, 0) is 22.7 Å². The smallest absolute Gasteiger partial charge is 0.177 e. The fraction of sp³-hybridized carbons (Fsp3) is 0.296. The van der Waals surface area contributed by atoms with Gasteiger partial charge in [-0.2, -0.15) is 0 Å². The zero-order valence-electron chi connectivity index (χ0n) is 21.7. The van der Waals surface area contributed by atoms with E-state index in [0.717, 1.165) is 61.0 Å². The van der Waals surface area contributed by atoms with E-state index in [-0.39, 0.29) is 4.90 Å². The summed E-state index contributed by atoms with van der Waals surface area (Å²) in [5.41, 5.74) is 8.91. The van der Waals surface area contributed by atoms with E-state index < -0.39 is 9.84 Å². The number of aromatic nitrogens is 4. The van der Waals surface area contributed by atoms with Crippen molar-refractivity contribution in [2.24, 2.45) is 4.99 Å². The molecule has 1 aliphatic heterocycles. The lowest BCUT2D eigenvalue weighted by atomic mass is 10.1. The van der Waals surface area contributed by atoms with Gasteiger partial charge < -0.3 is 5.32 Å². The van der Waals surface area contributed by atoms with Gasteiger partial charge in [-0.3, -0.25) is 19.9 Å². The first-order chi connectivity index (χ1) is 17.5. The van der Waals surface area contributed by atoms with Crippen LogP contribution in [0.15, 0.2) is 40.4 Å². The molecule has 0 radical (unpaired) electrons. The molecule has 1 aromatic carbocycles. The molecule has 190 valence electrons. The molecule has 0 unspecified atom stereocenters. The molecule has 1 N–H and O–H groups in total. The Morgan fingerprint density at radius 1 is 0.919 bits per heavy atom. The molecular weight excluding hydrogens is 504 g/mol. The molecule has 0 bridgehead atoms. The molecule has 10 heteroatoms. The van der Waals surface area contributed by atoms with Crippen molar-refractivity contribution in [2.75, 3.05) is 11.6 Å². The number of aryl methyl sites for hydroxylation is 4. The maximum absolute atomic E-state index is 12.8. The zero-order valence-corrected chi connectivity index (χ0v) is 23.3. The maximum Gasteiger partial charge on any atom is 0.177 e. The van der Waals surface area contributed by atoms with E-state index in [2.05, 4.69) is 20.3 Å². The Balaban J connectivity index is 1.56. The second-order valence-corrected chi connectivity index (χ2v) is 12.6. The van der Waals surface area contributed by atoms with Crippen LogP contribution in [-0.4, -0.2) is 40.3 Å². The molecule has 8 nitrogen and oxygen atoms in total. The van der Waals surface area contributed by atoms with E-state index in [0.29, 0.717) is 24.2 Å². The Morgan fingerprint density at radius 2 is 1.70 bits per heavy atom. The van der Waals surface area contributed by atoms with Gasteiger partial charge in [0.1, 0.15) is 10.7 Å². The molecule has 4 heterocycles. The number of nitrogens with zero attached hydrogens (tertiary/aromatic N) is 5. The number of hydrogen-bond acceptors (Lipinski definition) is 9. The van der Waals surface area contributed by atoms with Gasteiger partial charge in [0.15, 0.2) is 9.84 Å². The van der Waals surface area contributed by atoms with Crippen LogP contribution in [0.25, 0.3) is 10.6 Å². The minimum atomic E-state index is -3.54. The molecule has 0 spiro atoms. The highest BCUT2D eigenvalue weighted by molar-refractivity contribution is 7.90. The SMILES string of the molecule is CC1=Nc2c(Nc3ccc(-c4nc(C)c(C)s4)cc3S(C)(=O)=O)cc(Cc3cnc(C)c(C)n3)nc2C1. The predicted molar refractivity (Wildman–Crippen MR) is 148 cm³/mol. The summed E-state index contributed by atoms with van der Waals surface area (Å²) in [4.78, 5) is 24.5. The van der Waals surface area contributed by atoms with Crippen LogP contribution in [0, 0.1) is 27.7 Å². The molecule has 0 amide bonds. The lowest BCUT2D eigenvalue weighted by molar-refractivity contribution is 0.602. The number of nitrogens with one attached hydrogen (secondary N) is 1. The largest absolute Gasteiger partial charge is 0.353 e. The molecule has 1 aliphatic rings. The Labute approximate surface area is 220 Å². The first-order valence-electron chi connectivity index (χ1n) is 11.9. The molecule has 0 aliphatic carbocycles. The Morgan fingerprint density at radius 3 is 2.38 bits per heavy atom. The molecule has 0 saturated heterocycles. The number of anilines is 2. The van der Waals surface area contributed by atoms with E-state index in [4.69, 9.17) is 9.98 Å². The van der Waals surface area contributed by atoms with E-state index in [1.165, 1.54) is 6.26 Å². The summed E-state index contributed by atoms with van der Waals surface area (Å²) >= 11 is 1.55. The van der Waals surface area contributed by atoms with Gasteiger partial charge in [-0.1, -0.05) is 0 Å². The number of aliphatic imine (C=N–C) groups is 1. The summed E-state index contributed by atoms with van der Waals surface area (Å²) in [6, 6.07) is 7.31. The third-order valence-corrected chi connectivity index (χ3v) is 8.63. The fourth-order valence-electron chi connectivity index (χ4n) is 4.22. The third kappa shape index (κ3) is 5.17. The summed E-state index contributed by atoms with van der Waals surface area (Å²) in [5, 5.41) is 4.16. The van der Waals surface area contributed by atoms with E-state index in [9.17, 15) is 8.42 Å². The second-order valence-electron chi connectivity index (χ2n) is 9.46. The van der Waals surface area contributed by atoms with E-state index in [1.54, 1.807) is 29.7 Å². The third-order valence-electron chi connectivity index (χ3n) is 6.37. The van der Waals surface area contributed by atoms with Gasteiger partial charge in [-0.05, 0) is 58.9 Å². The average Bonchev–Trinajstić information content (AvgIpc) is 3.37. The highest BCUT2D eigenvalue weighted by atomic mass is 32.2. The summed E-state index contributed by atoms with van der Waals surface area (Å²) in [6.45, 7) is 9.81. The van der Waals surface area contributed by atoms with Crippen LogP contribution in [0.5, 0.6) is 0 Å². The van der Waals surface area contributed by atoms with Crippen LogP contribution in [0.1, 0.15) is 46.0 Å². The van der Waals surface area contributed by atoms with Gasteiger partial charge >= 0.3 is 0 Å². The summed E-state index contributed by atoms with van der Waals surface area (Å²) < 4.78 is 25.7. The quantitative estimate of drug-likeness (QED) is 0.343. The van der Waals surface area contributed by atoms with Crippen molar-refractivity contribution < 1.29 is 8.42 Å². The Hall–Kier alpha value is -3.50. The lowest BCUT2D eigenvalue weighted by Crippen LogP contribution is -2.06. The zero-order chi connectivity index (χ0) is 26.5. The number of pyridine rings is 1. The van der Waals surface area contributed by atoms with Crippen molar-refractivity contribution in [1.82, 2.24) is 19.9 Å². The number of sulfone groups is 1. The van der Waals surface area contributed by atoms with Crippen LogP contribution in [0.2, 0.25) is 0 Å². The minimum Gasteiger partial charge on any atom is -0.353 e. The number of fused-ring (bicyclic) bond motifs is 1. The number of rotatable bonds is 6. The Kier molecular flexibility index (Phi) is 6.41. The van der Waals surface area contributed by atoms with Crippen LogP contribution in [0.3, 0.4) is 0 Å². The fourth-order valence-corrected chi connectivity index (χ4v) is 5.99. The molecule has 0 saturated carbocycles. The van der Waals surface area contributed by atoms with Crippen molar-refractivity contribution in [3.63, 3.8) is 0 Å². The molecule has 0 fully saturated rings. The monoisotopic (exact) mass is 532 g/mol. The van der Waals surface area contributed by atoms with Crippen molar-refractivity contribution >= 4 is 43.9 Å². The standard InChI is InChI=1S/C27H28N6O2S2/c1-14-9-23-26(29-14)24(12-20(32-23)11-21-13-28-15(2)16(3)30-21)33-22-8-7-19(10-25(22)37(6,34)35)27-31-17(4)18(5)36-27/h7-8,10,12-13H,9,11H2,1-6H3,(H,32,33). The van der Waals surface area contributed by atoms with Crippen LogP contribution < -0.4 is 5.32 Å². The number of hydrogen-bond donors (Lipinski definition) is 1. The van der Waals surface area contributed by atoms with E-state index >= 15 is 0 Å². The van der Waals surface area contributed by atoms with Gasteiger partial charge in [0, 0.05) is 47.1 Å². The molecule has 0 atom stereocenters. The average molecular weight is 533 g/mol. The topological polar surface area (TPSA) is 110 Å².